The van der Waals surface area contributed by atoms with Crippen LogP contribution in [-0.4, -0.2) is 30.2 Å². The number of ketones is 2. The number of fused-ring (bicyclic) bond motifs is 2. The first-order chi connectivity index (χ1) is 13.9. The molecule has 0 saturated carbocycles. The summed E-state index contributed by atoms with van der Waals surface area (Å²) in [5, 5.41) is 0. The Hall–Kier alpha value is -4.04. The molecule has 0 radical (unpaired) electrons. The van der Waals surface area contributed by atoms with Gasteiger partial charge in [0, 0.05) is 22.3 Å². The topological polar surface area (TPSA) is 139 Å². The van der Waals surface area contributed by atoms with E-state index in [-0.39, 0.29) is 33.8 Å². The first-order valence-corrected chi connectivity index (χ1v) is 8.59. The first-order valence-electron chi connectivity index (χ1n) is 8.59. The molecule has 2 aromatic rings. The van der Waals surface area contributed by atoms with Crippen molar-refractivity contribution >= 4 is 35.1 Å². The second-order valence-electron chi connectivity index (χ2n) is 6.26. The lowest BCUT2D eigenvalue weighted by atomic mass is 9.99. The third-order valence-corrected chi connectivity index (χ3v) is 4.58. The fourth-order valence-corrected chi connectivity index (χ4v) is 3.43. The van der Waals surface area contributed by atoms with E-state index in [1.54, 1.807) is 42.5 Å². The molecule has 0 heterocycles. The highest BCUT2D eigenvalue weighted by Crippen LogP contribution is 2.44. The van der Waals surface area contributed by atoms with E-state index in [2.05, 4.69) is 0 Å². The molecular weight excluding hydrogens is 376 g/mol. The molecule has 4 rings (SSSR count). The molecule has 0 unspecified atom stereocenters. The second-order valence-corrected chi connectivity index (χ2v) is 6.26. The summed E-state index contributed by atoms with van der Waals surface area (Å²) in [5.41, 5.74) is 11.3. The van der Waals surface area contributed by atoms with Crippen molar-refractivity contribution in [2.24, 2.45) is 11.5 Å². The fraction of sp³-hybridized carbons (Fsp3) is 0.0476. The van der Waals surface area contributed by atoms with Gasteiger partial charge in [-0.3, -0.25) is 14.4 Å². The Morgan fingerprint density at radius 1 is 0.724 bits per heavy atom. The molecule has 0 fully saturated rings. The standard InChI is InChI=1S/C21H14N2O6/c22-9-14(24)28-19-12-7-3-1-5-10(12)17(25)15(19)16-18(26)11-6-2-4-8-13(11)20(16)29-21(23)27/h1-8H,9,22H2,(H2,23,27). The van der Waals surface area contributed by atoms with E-state index in [9.17, 15) is 19.2 Å². The number of rotatable bonds is 4. The Morgan fingerprint density at radius 2 is 1.14 bits per heavy atom. The number of carbonyl (C=O) groups excluding carboxylic acids is 4. The van der Waals surface area contributed by atoms with E-state index in [1.807, 2.05) is 0 Å². The summed E-state index contributed by atoms with van der Waals surface area (Å²) in [5.74, 6) is -2.14. The summed E-state index contributed by atoms with van der Waals surface area (Å²) in [6.45, 7) is -0.426. The molecule has 0 saturated heterocycles. The predicted molar refractivity (Wildman–Crippen MR) is 101 cm³/mol. The zero-order valence-corrected chi connectivity index (χ0v) is 14.9. The van der Waals surface area contributed by atoms with Crippen LogP contribution in [0, 0.1) is 0 Å². The monoisotopic (exact) mass is 390 g/mol. The van der Waals surface area contributed by atoms with Gasteiger partial charge in [-0.2, -0.15) is 0 Å². The highest BCUT2D eigenvalue weighted by molar-refractivity contribution is 6.34. The quantitative estimate of drug-likeness (QED) is 0.759. The van der Waals surface area contributed by atoms with Crippen LogP contribution >= 0.6 is 0 Å². The van der Waals surface area contributed by atoms with Crippen LogP contribution in [0.1, 0.15) is 31.8 Å². The number of allylic oxidation sites excluding steroid dienone is 2. The molecule has 2 aliphatic rings. The summed E-state index contributed by atoms with van der Waals surface area (Å²) in [6, 6.07) is 12.8. The Labute approximate surface area is 164 Å². The second kappa shape index (κ2) is 6.84. The SMILES string of the molecule is NCC(=O)OC1=C(C2=C(OC(N)=O)c3ccccc3C2=O)C(=O)c2ccccc21. The number of amides is 1. The number of Topliss-reactive ketones (excluding diaryl/α,β-unsaturated/α-hetero) is 2. The lowest BCUT2D eigenvalue weighted by Crippen LogP contribution is -2.17. The third-order valence-electron chi connectivity index (χ3n) is 4.58. The molecule has 8 heteroatoms. The minimum absolute atomic E-state index is 0.109. The molecule has 2 aromatic carbocycles. The summed E-state index contributed by atoms with van der Waals surface area (Å²) in [4.78, 5) is 49.7. The van der Waals surface area contributed by atoms with Gasteiger partial charge in [0.2, 0.25) is 0 Å². The molecule has 0 spiro atoms. The van der Waals surface area contributed by atoms with Gasteiger partial charge in [-0.1, -0.05) is 48.5 Å². The van der Waals surface area contributed by atoms with E-state index in [0.717, 1.165) is 0 Å². The molecule has 0 aliphatic heterocycles. The number of carbonyl (C=O) groups is 4. The van der Waals surface area contributed by atoms with Crippen molar-refractivity contribution in [1.29, 1.82) is 0 Å². The number of esters is 1. The number of hydrogen-bond acceptors (Lipinski definition) is 7. The van der Waals surface area contributed by atoms with Crippen LogP contribution in [-0.2, 0) is 14.3 Å². The number of primary amides is 1. The van der Waals surface area contributed by atoms with Crippen LogP contribution in [0.15, 0.2) is 59.7 Å². The molecule has 29 heavy (non-hydrogen) atoms. The minimum Gasteiger partial charge on any atom is -0.424 e. The van der Waals surface area contributed by atoms with Crippen LogP contribution < -0.4 is 11.5 Å². The van der Waals surface area contributed by atoms with E-state index in [0.29, 0.717) is 11.1 Å². The number of nitrogens with two attached hydrogens (primary N) is 2. The lowest BCUT2D eigenvalue weighted by molar-refractivity contribution is -0.135. The van der Waals surface area contributed by atoms with Crippen molar-refractivity contribution in [2.45, 2.75) is 0 Å². The van der Waals surface area contributed by atoms with E-state index in [4.69, 9.17) is 20.9 Å². The Kier molecular flexibility index (Phi) is 4.33. The molecule has 8 nitrogen and oxygen atoms in total. The fourth-order valence-electron chi connectivity index (χ4n) is 3.43. The third kappa shape index (κ3) is 2.82. The van der Waals surface area contributed by atoms with Crippen LogP contribution in [0.3, 0.4) is 0 Å². The van der Waals surface area contributed by atoms with Gasteiger partial charge in [-0.05, 0) is 0 Å². The minimum atomic E-state index is -1.15. The van der Waals surface area contributed by atoms with Gasteiger partial charge >= 0.3 is 12.1 Å². The summed E-state index contributed by atoms with van der Waals surface area (Å²) < 4.78 is 10.4. The maximum absolute atomic E-state index is 13.2. The van der Waals surface area contributed by atoms with Crippen LogP contribution in [0.2, 0.25) is 0 Å². The average molecular weight is 390 g/mol. The lowest BCUT2D eigenvalue weighted by Gasteiger charge is -2.10. The van der Waals surface area contributed by atoms with Crippen molar-refractivity contribution in [3.8, 4) is 0 Å². The highest BCUT2D eigenvalue weighted by Gasteiger charge is 2.42. The van der Waals surface area contributed by atoms with Gasteiger partial charge in [0.15, 0.2) is 23.1 Å². The Morgan fingerprint density at radius 3 is 1.55 bits per heavy atom. The molecule has 4 N–H and O–H groups in total. The smallest absolute Gasteiger partial charge is 0.410 e. The van der Waals surface area contributed by atoms with Crippen molar-refractivity contribution < 1.29 is 28.7 Å². The van der Waals surface area contributed by atoms with Crippen molar-refractivity contribution in [1.82, 2.24) is 0 Å². The first kappa shape index (κ1) is 18.3. The zero-order valence-electron chi connectivity index (χ0n) is 14.9. The van der Waals surface area contributed by atoms with Crippen molar-refractivity contribution in [3.05, 3.63) is 81.9 Å². The molecule has 0 bridgehead atoms. The van der Waals surface area contributed by atoms with E-state index in [1.165, 1.54) is 6.07 Å². The summed E-state index contributed by atoms with van der Waals surface area (Å²) in [7, 11) is 0. The van der Waals surface area contributed by atoms with Gasteiger partial charge in [-0.25, -0.2) is 4.79 Å². The predicted octanol–water partition coefficient (Wildman–Crippen LogP) is 1.80. The van der Waals surface area contributed by atoms with Crippen molar-refractivity contribution in [2.75, 3.05) is 6.54 Å². The van der Waals surface area contributed by atoms with E-state index < -0.39 is 30.2 Å². The van der Waals surface area contributed by atoms with Crippen molar-refractivity contribution in [3.63, 3.8) is 0 Å². The van der Waals surface area contributed by atoms with Gasteiger partial charge in [0.1, 0.15) is 0 Å². The normalized spacial score (nSPS) is 14.8. The largest absolute Gasteiger partial charge is 0.424 e. The van der Waals surface area contributed by atoms with Gasteiger partial charge < -0.3 is 20.9 Å². The maximum Gasteiger partial charge on any atom is 0.410 e. The molecule has 0 aromatic heterocycles. The molecular formula is C21H14N2O6. The van der Waals surface area contributed by atoms with Crippen LogP contribution in [0.5, 0.6) is 0 Å². The molecule has 2 aliphatic carbocycles. The number of benzene rings is 2. The molecule has 1 amide bonds. The van der Waals surface area contributed by atoms with Gasteiger partial charge in [0.25, 0.3) is 0 Å². The molecule has 0 atom stereocenters. The number of ether oxygens (including phenoxy) is 2. The highest BCUT2D eigenvalue weighted by atomic mass is 16.6. The summed E-state index contributed by atoms with van der Waals surface area (Å²) in [6.07, 6.45) is -1.15. The van der Waals surface area contributed by atoms with Crippen LogP contribution in [0.4, 0.5) is 4.79 Å². The summed E-state index contributed by atoms with van der Waals surface area (Å²) >= 11 is 0. The zero-order chi connectivity index (χ0) is 20.7. The Bertz CT molecular complexity index is 1180. The van der Waals surface area contributed by atoms with Gasteiger partial charge in [-0.15, -0.1) is 0 Å². The van der Waals surface area contributed by atoms with Crippen LogP contribution in [0.25, 0.3) is 11.5 Å². The number of hydrogen-bond donors (Lipinski definition) is 2. The van der Waals surface area contributed by atoms with Gasteiger partial charge in [0.05, 0.1) is 17.7 Å². The average Bonchev–Trinajstić information content (AvgIpc) is 3.14. The maximum atomic E-state index is 13.2. The Balaban J connectivity index is 2.00. The van der Waals surface area contributed by atoms with E-state index >= 15 is 0 Å². The molecule has 144 valence electrons.